The molecule has 1 atom stereocenters. The van der Waals surface area contributed by atoms with E-state index in [-0.39, 0.29) is 5.91 Å². The molecule has 0 unspecified atom stereocenters. The van der Waals surface area contributed by atoms with E-state index in [0.717, 1.165) is 51.1 Å². The number of carbonyl (C=O) groups is 1. The lowest BCUT2D eigenvalue weighted by Gasteiger charge is -2.33. The van der Waals surface area contributed by atoms with Crippen molar-refractivity contribution in [1.82, 2.24) is 15.2 Å². The van der Waals surface area contributed by atoms with Crippen molar-refractivity contribution in [1.29, 1.82) is 0 Å². The molecule has 23 heavy (non-hydrogen) atoms. The van der Waals surface area contributed by atoms with E-state index in [2.05, 4.69) is 34.3 Å². The van der Waals surface area contributed by atoms with Gasteiger partial charge in [0.15, 0.2) is 0 Å². The van der Waals surface area contributed by atoms with Gasteiger partial charge in [-0.1, -0.05) is 19.4 Å². The summed E-state index contributed by atoms with van der Waals surface area (Å²) in [6.45, 7) is 6.14. The zero-order valence-electron chi connectivity index (χ0n) is 14.3. The van der Waals surface area contributed by atoms with Crippen molar-refractivity contribution < 1.29 is 4.79 Å². The number of pyridine rings is 1. The van der Waals surface area contributed by atoms with Crippen LogP contribution in [-0.2, 0) is 17.8 Å². The lowest BCUT2D eigenvalue weighted by atomic mass is 9.84. The summed E-state index contributed by atoms with van der Waals surface area (Å²) in [4.78, 5) is 19.0. The molecule has 2 heterocycles. The van der Waals surface area contributed by atoms with Crippen LogP contribution < -0.4 is 5.32 Å². The Morgan fingerprint density at radius 1 is 1.30 bits per heavy atom. The Balaban J connectivity index is 1.44. The van der Waals surface area contributed by atoms with Gasteiger partial charge in [0.1, 0.15) is 0 Å². The van der Waals surface area contributed by atoms with Crippen molar-refractivity contribution in [3.63, 3.8) is 0 Å². The average Bonchev–Trinajstić information content (AvgIpc) is 2.52. The number of nitrogens with zero attached hydrogens (tertiary/aromatic N) is 2. The highest BCUT2D eigenvalue weighted by atomic mass is 16.1. The highest BCUT2D eigenvalue weighted by Crippen LogP contribution is 2.26. The minimum atomic E-state index is 0.283. The monoisotopic (exact) mass is 315 g/mol. The van der Waals surface area contributed by atoms with Gasteiger partial charge in [-0.15, -0.1) is 0 Å². The molecule has 0 bridgehead atoms. The van der Waals surface area contributed by atoms with Crippen LogP contribution in [0.1, 0.15) is 50.3 Å². The minimum absolute atomic E-state index is 0.283. The molecule has 1 amide bonds. The van der Waals surface area contributed by atoms with Gasteiger partial charge < -0.3 is 5.32 Å². The van der Waals surface area contributed by atoms with Crippen LogP contribution in [-0.4, -0.2) is 35.4 Å². The maximum Gasteiger partial charge on any atom is 0.223 e. The van der Waals surface area contributed by atoms with Crippen molar-refractivity contribution in [3.05, 3.63) is 29.6 Å². The van der Waals surface area contributed by atoms with Gasteiger partial charge in [-0.3, -0.25) is 14.7 Å². The number of hydrogen-bond acceptors (Lipinski definition) is 3. The van der Waals surface area contributed by atoms with Crippen LogP contribution in [0.2, 0.25) is 0 Å². The molecular weight excluding hydrogens is 286 g/mol. The summed E-state index contributed by atoms with van der Waals surface area (Å²) in [6.07, 6.45) is 8.87. The molecule has 3 rings (SSSR count). The minimum Gasteiger partial charge on any atom is -0.356 e. The van der Waals surface area contributed by atoms with E-state index >= 15 is 0 Å². The Bertz CT molecular complexity index is 510. The van der Waals surface area contributed by atoms with E-state index in [0.29, 0.717) is 11.8 Å². The summed E-state index contributed by atoms with van der Waals surface area (Å²) >= 11 is 0. The Morgan fingerprint density at radius 2 is 2.17 bits per heavy atom. The summed E-state index contributed by atoms with van der Waals surface area (Å²) in [5.41, 5.74) is 2.45. The van der Waals surface area contributed by atoms with Gasteiger partial charge >= 0.3 is 0 Å². The molecule has 1 aliphatic carbocycles. The Kier molecular flexibility index (Phi) is 5.65. The predicted molar refractivity (Wildman–Crippen MR) is 92.0 cm³/mol. The highest BCUT2D eigenvalue weighted by Gasteiger charge is 2.26. The Labute approximate surface area is 139 Å². The van der Waals surface area contributed by atoms with Crippen LogP contribution in [0.15, 0.2) is 18.3 Å². The van der Waals surface area contributed by atoms with Gasteiger partial charge in [-0.25, -0.2) is 0 Å². The summed E-state index contributed by atoms with van der Waals surface area (Å²) in [5, 5.41) is 3.17. The fraction of sp³-hybridized carbons (Fsp3) is 0.684. The quantitative estimate of drug-likeness (QED) is 0.878. The van der Waals surface area contributed by atoms with E-state index in [9.17, 15) is 4.79 Å². The number of aromatic nitrogens is 1. The van der Waals surface area contributed by atoms with Gasteiger partial charge in [0, 0.05) is 31.7 Å². The molecule has 0 aromatic carbocycles. The average molecular weight is 315 g/mol. The lowest BCUT2D eigenvalue weighted by Crippen LogP contribution is -2.42. The number of likely N-dealkylation sites (tertiary alicyclic amines) is 1. The molecule has 1 aliphatic heterocycles. The van der Waals surface area contributed by atoms with E-state index < -0.39 is 0 Å². The molecule has 1 N–H and O–H groups in total. The zero-order valence-corrected chi connectivity index (χ0v) is 14.3. The zero-order chi connectivity index (χ0) is 16.1. The van der Waals surface area contributed by atoms with Crippen LogP contribution in [0.5, 0.6) is 0 Å². The second-order valence-corrected chi connectivity index (χ2v) is 7.13. The van der Waals surface area contributed by atoms with Gasteiger partial charge in [0.2, 0.25) is 5.91 Å². The Hall–Kier alpha value is -1.42. The molecule has 4 heteroatoms. The largest absolute Gasteiger partial charge is 0.356 e. The van der Waals surface area contributed by atoms with Crippen LogP contribution in [0.25, 0.3) is 0 Å². The number of amides is 1. The topological polar surface area (TPSA) is 45.2 Å². The van der Waals surface area contributed by atoms with Crippen molar-refractivity contribution in [2.75, 3.05) is 19.6 Å². The standard InChI is InChI=1S/C19H29N3O/c1-2-15-8-9-18(20-11-15)14-22-10-4-5-16(13-22)12-21-19(23)17-6-3-7-17/h8-9,11,16-17H,2-7,10,12-14H2,1H3,(H,21,23)/t16-/m0/s1. The first-order chi connectivity index (χ1) is 11.2. The van der Waals surface area contributed by atoms with Gasteiger partial charge in [0.05, 0.1) is 5.69 Å². The fourth-order valence-corrected chi connectivity index (χ4v) is 3.51. The van der Waals surface area contributed by atoms with E-state index in [4.69, 9.17) is 0 Å². The second kappa shape index (κ2) is 7.91. The molecule has 4 nitrogen and oxygen atoms in total. The smallest absolute Gasteiger partial charge is 0.223 e. The molecule has 1 aromatic heterocycles. The van der Waals surface area contributed by atoms with Crippen molar-refractivity contribution in [3.8, 4) is 0 Å². The maximum absolute atomic E-state index is 12.0. The third-order valence-corrected chi connectivity index (χ3v) is 5.32. The number of carbonyl (C=O) groups excluding carboxylic acids is 1. The second-order valence-electron chi connectivity index (χ2n) is 7.13. The number of hydrogen-bond donors (Lipinski definition) is 1. The van der Waals surface area contributed by atoms with Crippen molar-refractivity contribution in [2.45, 2.75) is 52.0 Å². The lowest BCUT2D eigenvalue weighted by molar-refractivity contribution is -0.127. The van der Waals surface area contributed by atoms with Crippen molar-refractivity contribution in [2.24, 2.45) is 11.8 Å². The normalized spacial score (nSPS) is 22.6. The molecule has 1 aromatic rings. The summed E-state index contributed by atoms with van der Waals surface area (Å²) in [5.74, 6) is 1.17. The first kappa shape index (κ1) is 16.4. The molecule has 2 fully saturated rings. The van der Waals surface area contributed by atoms with Crippen molar-refractivity contribution >= 4 is 5.91 Å². The highest BCUT2D eigenvalue weighted by molar-refractivity contribution is 5.79. The molecule has 1 saturated carbocycles. The fourth-order valence-electron chi connectivity index (χ4n) is 3.51. The predicted octanol–water partition coefficient (Wildman–Crippen LogP) is 2.77. The molecule has 1 saturated heterocycles. The van der Waals surface area contributed by atoms with Gasteiger partial charge in [0.25, 0.3) is 0 Å². The van der Waals surface area contributed by atoms with Crippen LogP contribution in [0.4, 0.5) is 0 Å². The Morgan fingerprint density at radius 3 is 2.83 bits per heavy atom. The number of aryl methyl sites for hydroxylation is 1. The maximum atomic E-state index is 12.0. The van der Waals surface area contributed by atoms with E-state index in [1.807, 2.05) is 6.20 Å². The SMILES string of the molecule is CCc1ccc(CN2CCC[C@@H](CNC(=O)C3CCC3)C2)nc1. The number of rotatable bonds is 6. The molecule has 0 radical (unpaired) electrons. The molecule has 2 aliphatic rings. The summed E-state index contributed by atoms with van der Waals surface area (Å²) < 4.78 is 0. The summed E-state index contributed by atoms with van der Waals surface area (Å²) in [7, 11) is 0. The van der Waals surface area contributed by atoms with Gasteiger partial charge in [-0.05, 0) is 56.2 Å². The third-order valence-electron chi connectivity index (χ3n) is 5.32. The van der Waals surface area contributed by atoms with E-state index in [1.54, 1.807) is 0 Å². The third kappa shape index (κ3) is 4.54. The molecule has 126 valence electrons. The van der Waals surface area contributed by atoms with E-state index in [1.165, 1.54) is 24.8 Å². The summed E-state index contributed by atoms with van der Waals surface area (Å²) in [6, 6.07) is 4.34. The van der Waals surface area contributed by atoms with Crippen LogP contribution in [0, 0.1) is 11.8 Å². The first-order valence-electron chi connectivity index (χ1n) is 9.18. The number of nitrogens with one attached hydrogen (secondary N) is 1. The molecular formula is C19H29N3O. The first-order valence-corrected chi connectivity index (χ1v) is 9.18. The molecule has 0 spiro atoms. The van der Waals surface area contributed by atoms with Gasteiger partial charge in [-0.2, -0.15) is 0 Å². The van der Waals surface area contributed by atoms with Crippen LogP contribution >= 0.6 is 0 Å². The van der Waals surface area contributed by atoms with Crippen LogP contribution in [0.3, 0.4) is 0 Å². The number of piperidine rings is 1.